The second-order valence-corrected chi connectivity index (χ2v) is 3.76. The quantitative estimate of drug-likeness (QED) is 0.601. The van der Waals surface area contributed by atoms with E-state index in [1.165, 1.54) is 0 Å². The Balaban J connectivity index is 3.62. The zero-order chi connectivity index (χ0) is 11.7. The Kier molecular flexibility index (Phi) is 8.33. The molecule has 0 aromatic heterocycles. The Morgan fingerprint density at radius 1 is 1.20 bits per heavy atom. The van der Waals surface area contributed by atoms with Gasteiger partial charge in [0.1, 0.15) is 0 Å². The maximum absolute atomic E-state index is 11.1. The van der Waals surface area contributed by atoms with Crippen molar-refractivity contribution in [1.82, 2.24) is 0 Å². The van der Waals surface area contributed by atoms with E-state index in [1.54, 1.807) is 0 Å². The second kappa shape index (κ2) is 8.68. The van der Waals surface area contributed by atoms with Gasteiger partial charge in [0, 0.05) is 0 Å². The van der Waals surface area contributed by atoms with Crippen molar-refractivity contribution in [1.29, 1.82) is 0 Å². The van der Waals surface area contributed by atoms with Crippen LogP contribution in [0.5, 0.6) is 0 Å². The topological polar surface area (TPSA) is 66.8 Å². The van der Waals surface area contributed by atoms with Gasteiger partial charge in [-0.1, -0.05) is 20.3 Å². The molecule has 15 heavy (non-hydrogen) atoms. The maximum atomic E-state index is 11.1. The number of carbonyl (C=O) groups is 1. The van der Waals surface area contributed by atoms with Crippen LogP contribution in [-0.2, 0) is 9.53 Å². The van der Waals surface area contributed by atoms with E-state index < -0.39 is 18.2 Å². The number of aliphatic hydroxyl groups is 2. The summed E-state index contributed by atoms with van der Waals surface area (Å²) < 4.78 is 4.82. The molecular formula is C11H22O4. The summed E-state index contributed by atoms with van der Waals surface area (Å²) in [5.74, 6) is -0.395. The van der Waals surface area contributed by atoms with Crippen LogP contribution < -0.4 is 0 Å². The summed E-state index contributed by atoms with van der Waals surface area (Å²) in [5.41, 5.74) is 0. The molecule has 0 rings (SSSR count). The highest BCUT2D eigenvalue weighted by atomic mass is 16.5. The van der Waals surface area contributed by atoms with Crippen LogP contribution in [0.2, 0.25) is 0 Å². The molecule has 0 saturated heterocycles. The van der Waals surface area contributed by atoms with Gasteiger partial charge in [0.2, 0.25) is 0 Å². The van der Waals surface area contributed by atoms with Crippen molar-refractivity contribution in [2.24, 2.45) is 0 Å². The van der Waals surface area contributed by atoms with E-state index >= 15 is 0 Å². The molecule has 2 atom stereocenters. The Labute approximate surface area is 91.3 Å². The third kappa shape index (κ3) is 8.39. The number of hydrogen-bond acceptors (Lipinski definition) is 4. The van der Waals surface area contributed by atoms with E-state index in [2.05, 4.69) is 0 Å². The van der Waals surface area contributed by atoms with E-state index in [-0.39, 0.29) is 12.8 Å². The fourth-order valence-electron chi connectivity index (χ4n) is 1.32. The standard InChI is InChI=1S/C11H22O4/c1-3-5-9(12)7-10(13)8-11(14)15-6-4-2/h9-10,12-13H,3-8H2,1-2H3/t9-,10+/m0/s1. The Morgan fingerprint density at radius 2 is 1.87 bits per heavy atom. The smallest absolute Gasteiger partial charge is 0.308 e. The molecule has 0 aliphatic heterocycles. The molecule has 0 amide bonds. The van der Waals surface area contributed by atoms with Crippen molar-refractivity contribution in [2.45, 2.75) is 58.2 Å². The summed E-state index contributed by atoms with van der Waals surface area (Å²) in [6, 6.07) is 0. The first-order chi connectivity index (χ1) is 7.10. The van der Waals surface area contributed by atoms with E-state index in [9.17, 15) is 15.0 Å². The molecule has 90 valence electrons. The summed E-state index contributed by atoms with van der Waals surface area (Å²) >= 11 is 0. The zero-order valence-corrected chi connectivity index (χ0v) is 9.61. The van der Waals surface area contributed by atoms with Gasteiger partial charge in [-0.15, -0.1) is 0 Å². The highest BCUT2D eigenvalue weighted by molar-refractivity contribution is 5.69. The van der Waals surface area contributed by atoms with Gasteiger partial charge in [0.05, 0.1) is 25.2 Å². The first kappa shape index (κ1) is 14.4. The summed E-state index contributed by atoms with van der Waals surface area (Å²) in [4.78, 5) is 11.1. The fourth-order valence-corrected chi connectivity index (χ4v) is 1.32. The Bertz CT molecular complexity index is 170. The summed E-state index contributed by atoms with van der Waals surface area (Å²) in [6.45, 7) is 4.27. The Hall–Kier alpha value is -0.610. The molecule has 4 heteroatoms. The van der Waals surface area contributed by atoms with Crippen LogP contribution in [0.3, 0.4) is 0 Å². The van der Waals surface area contributed by atoms with Crippen LogP contribution in [0.25, 0.3) is 0 Å². The van der Waals surface area contributed by atoms with Gasteiger partial charge in [-0.05, 0) is 19.3 Å². The zero-order valence-electron chi connectivity index (χ0n) is 9.61. The van der Waals surface area contributed by atoms with Gasteiger partial charge >= 0.3 is 5.97 Å². The SMILES string of the molecule is CCCOC(=O)C[C@H](O)C[C@@H](O)CCC. The first-order valence-electron chi connectivity index (χ1n) is 5.61. The first-order valence-corrected chi connectivity index (χ1v) is 5.61. The van der Waals surface area contributed by atoms with Gasteiger partial charge < -0.3 is 14.9 Å². The minimum Gasteiger partial charge on any atom is -0.466 e. The number of hydrogen-bond donors (Lipinski definition) is 2. The second-order valence-electron chi connectivity index (χ2n) is 3.76. The molecule has 0 heterocycles. The van der Waals surface area contributed by atoms with Crippen molar-refractivity contribution >= 4 is 5.97 Å². The molecule has 0 bridgehead atoms. The largest absolute Gasteiger partial charge is 0.466 e. The van der Waals surface area contributed by atoms with Gasteiger partial charge in [-0.3, -0.25) is 4.79 Å². The fraction of sp³-hybridized carbons (Fsp3) is 0.909. The van der Waals surface area contributed by atoms with E-state index in [0.29, 0.717) is 13.0 Å². The van der Waals surface area contributed by atoms with Crippen LogP contribution >= 0.6 is 0 Å². The van der Waals surface area contributed by atoms with Gasteiger partial charge in [-0.2, -0.15) is 0 Å². The predicted octanol–water partition coefficient (Wildman–Crippen LogP) is 1.24. The lowest BCUT2D eigenvalue weighted by Crippen LogP contribution is -2.21. The molecular weight excluding hydrogens is 196 g/mol. The van der Waals surface area contributed by atoms with Crippen LogP contribution in [0.15, 0.2) is 0 Å². The molecule has 0 aromatic carbocycles. The summed E-state index contributed by atoms with van der Waals surface area (Å²) in [5, 5.41) is 18.9. The molecule has 0 aliphatic carbocycles. The van der Waals surface area contributed by atoms with Gasteiger partial charge in [0.15, 0.2) is 0 Å². The molecule has 0 spiro atoms. The third-order valence-corrected chi connectivity index (χ3v) is 2.04. The third-order valence-electron chi connectivity index (χ3n) is 2.04. The van der Waals surface area contributed by atoms with Crippen molar-refractivity contribution in [2.75, 3.05) is 6.61 Å². The summed E-state index contributed by atoms with van der Waals surface area (Å²) in [6.07, 6.45) is 1.20. The molecule has 2 N–H and O–H groups in total. The molecule has 0 fully saturated rings. The normalized spacial score (nSPS) is 14.7. The van der Waals surface area contributed by atoms with Gasteiger partial charge in [0.25, 0.3) is 0 Å². The highest BCUT2D eigenvalue weighted by Gasteiger charge is 2.15. The lowest BCUT2D eigenvalue weighted by Gasteiger charge is -2.14. The minimum atomic E-state index is -0.795. The monoisotopic (exact) mass is 218 g/mol. The van der Waals surface area contributed by atoms with Crippen molar-refractivity contribution in [3.05, 3.63) is 0 Å². The number of aliphatic hydroxyl groups excluding tert-OH is 2. The van der Waals surface area contributed by atoms with E-state index in [0.717, 1.165) is 12.8 Å². The van der Waals surface area contributed by atoms with Crippen LogP contribution in [0.1, 0.15) is 46.0 Å². The number of esters is 1. The number of rotatable bonds is 8. The van der Waals surface area contributed by atoms with E-state index in [1.807, 2.05) is 13.8 Å². The molecule has 0 unspecified atom stereocenters. The van der Waals surface area contributed by atoms with Crippen LogP contribution in [-0.4, -0.2) is 35.0 Å². The van der Waals surface area contributed by atoms with E-state index in [4.69, 9.17) is 4.74 Å². The molecule has 0 aromatic rings. The van der Waals surface area contributed by atoms with Crippen molar-refractivity contribution < 1.29 is 19.7 Å². The van der Waals surface area contributed by atoms with Crippen LogP contribution in [0, 0.1) is 0 Å². The van der Waals surface area contributed by atoms with Crippen LogP contribution in [0.4, 0.5) is 0 Å². The van der Waals surface area contributed by atoms with Crippen molar-refractivity contribution in [3.8, 4) is 0 Å². The lowest BCUT2D eigenvalue weighted by molar-refractivity contribution is -0.146. The molecule has 0 radical (unpaired) electrons. The number of carbonyl (C=O) groups excluding carboxylic acids is 1. The van der Waals surface area contributed by atoms with Crippen molar-refractivity contribution in [3.63, 3.8) is 0 Å². The average molecular weight is 218 g/mol. The summed E-state index contributed by atoms with van der Waals surface area (Å²) in [7, 11) is 0. The lowest BCUT2D eigenvalue weighted by atomic mass is 10.1. The number of ether oxygens (including phenoxy) is 1. The highest BCUT2D eigenvalue weighted by Crippen LogP contribution is 2.08. The van der Waals surface area contributed by atoms with Gasteiger partial charge in [-0.25, -0.2) is 0 Å². The molecule has 0 saturated carbocycles. The average Bonchev–Trinajstić information content (AvgIpc) is 2.14. The maximum Gasteiger partial charge on any atom is 0.308 e. The molecule has 4 nitrogen and oxygen atoms in total. The predicted molar refractivity (Wildman–Crippen MR) is 57.4 cm³/mol. The Morgan fingerprint density at radius 3 is 2.40 bits per heavy atom. The minimum absolute atomic E-state index is 0.0270. The molecule has 0 aliphatic rings.